The molecule has 136 valence electrons. The topological polar surface area (TPSA) is 80.0 Å². The van der Waals surface area contributed by atoms with Gasteiger partial charge in [-0.05, 0) is 50.9 Å². The minimum atomic E-state index is -0.381. The highest BCUT2D eigenvalue weighted by molar-refractivity contribution is 5.85. The number of amides is 1. The average molecular weight is 369 g/mol. The van der Waals surface area contributed by atoms with Crippen LogP contribution in [0.25, 0.3) is 11.4 Å². The zero-order valence-corrected chi connectivity index (χ0v) is 14.8. The average Bonchev–Trinajstić information content (AvgIpc) is 3.24. The molecule has 2 unspecified atom stereocenters. The minimum absolute atomic E-state index is 0. The molecule has 1 saturated heterocycles. The van der Waals surface area contributed by atoms with Crippen LogP contribution in [-0.2, 0) is 4.79 Å². The molecule has 0 radical (unpaired) electrons. The Morgan fingerprint density at radius 1 is 1.52 bits per heavy atom. The first-order valence-corrected chi connectivity index (χ1v) is 8.21. The van der Waals surface area contributed by atoms with Gasteiger partial charge in [-0.3, -0.25) is 4.79 Å². The molecular weight excluding hydrogens is 347 g/mol. The minimum Gasteiger partial charge on any atom is -0.345 e. The molecule has 1 fully saturated rings. The molecule has 0 spiro atoms. The fourth-order valence-corrected chi connectivity index (χ4v) is 2.83. The van der Waals surface area contributed by atoms with Crippen LogP contribution >= 0.6 is 12.4 Å². The van der Waals surface area contributed by atoms with Crippen molar-refractivity contribution in [3.05, 3.63) is 36.0 Å². The molecular formula is C17H22ClFN4O2. The Labute approximate surface area is 152 Å². The van der Waals surface area contributed by atoms with E-state index in [0.29, 0.717) is 29.6 Å². The lowest BCUT2D eigenvalue weighted by Crippen LogP contribution is -2.27. The summed E-state index contributed by atoms with van der Waals surface area (Å²) in [7, 11) is 0. The number of benzene rings is 1. The first kappa shape index (κ1) is 19.3. The van der Waals surface area contributed by atoms with Crippen LogP contribution in [0.3, 0.4) is 0 Å². The van der Waals surface area contributed by atoms with E-state index in [0.717, 1.165) is 25.9 Å². The number of carbonyl (C=O) groups excluding carboxylic acids is 1. The van der Waals surface area contributed by atoms with Crippen molar-refractivity contribution in [1.82, 2.24) is 20.8 Å². The molecule has 25 heavy (non-hydrogen) atoms. The summed E-state index contributed by atoms with van der Waals surface area (Å²) >= 11 is 0. The van der Waals surface area contributed by atoms with Gasteiger partial charge >= 0.3 is 0 Å². The third-order valence-corrected chi connectivity index (χ3v) is 4.21. The lowest BCUT2D eigenvalue weighted by molar-refractivity contribution is -0.122. The summed E-state index contributed by atoms with van der Waals surface area (Å²) in [5, 5.41) is 10.0. The van der Waals surface area contributed by atoms with Gasteiger partial charge in [0.25, 0.3) is 0 Å². The number of rotatable bonds is 6. The van der Waals surface area contributed by atoms with Crippen LogP contribution in [-0.4, -0.2) is 29.1 Å². The second kappa shape index (κ2) is 8.92. The molecule has 3 rings (SSSR count). The fraction of sp³-hybridized carbons (Fsp3) is 0.471. The number of hydrogen-bond donors (Lipinski definition) is 2. The lowest BCUT2D eigenvalue weighted by atomic mass is 10.0. The molecule has 6 nitrogen and oxygen atoms in total. The summed E-state index contributed by atoms with van der Waals surface area (Å²) in [5.74, 6) is 0.809. The number of aromatic nitrogens is 2. The monoisotopic (exact) mass is 368 g/mol. The Morgan fingerprint density at radius 3 is 3.08 bits per heavy atom. The van der Waals surface area contributed by atoms with Crippen LogP contribution in [0.1, 0.15) is 38.1 Å². The third kappa shape index (κ3) is 5.24. The van der Waals surface area contributed by atoms with Gasteiger partial charge in [-0.25, -0.2) is 4.39 Å². The van der Waals surface area contributed by atoms with Crippen LogP contribution < -0.4 is 10.6 Å². The lowest BCUT2D eigenvalue weighted by Gasteiger charge is -2.11. The molecule has 1 aliphatic heterocycles. The zero-order valence-electron chi connectivity index (χ0n) is 14.0. The maximum absolute atomic E-state index is 13.3. The van der Waals surface area contributed by atoms with Crippen LogP contribution in [0.5, 0.6) is 0 Å². The van der Waals surface area contributed by atoms with E-state index in [4.69, 9.17) is 4.52 Å². The molecule has 0 bridgehead atoms. The Balaban J connectivity index is 0.00000225. The number of nitrogens with one attached hydrogen (secondary N) is 2. The number of nitrogens with zero attached hydrogens (tertiary/aromatic N) is 2. The van der Waals surface area contributed by atoms with Gasteiger partial charge in [-0.1, -0.05) is 17.3 Å². The molecule has 1 aliphatic rings. The van der Waals surface area contributed by atoms with Crippen LogP contribution in [0, 0.1) is 11.7 Å². The highest BCUT2D eigenvalue weighted by Gasteiger charge is 2.19. The van der Waals surface area contributed by atoms with E-state index in [1.54, 1.807) is 19.1 Å². The Hall–Kier alpha value is -1.99. The summed E-state index contributed by atoms with van der Waals surface area (Å²) in [6, 6.07) is 5.61. The number of halogens is 2. The fourth-order valence-electron chi connectivity index (χ4n) is 2.83. The van der Waals surface area contributed by atoms with E-state index in [2.05, 4.69) is 20.8 Å². The molecule has 0 saturated carbocycles. The quantitative estimate of drug-likeness (QED) is 0.819. The van der Waals surface area contributed by atoms with Crippen LogP contribution in [0.2, 0.25) is 0 Å². The maximum Gasteiger partial charge on any atom is 0.249 e. The van der Waals surface area contributed by atoms with Gasteiger partial charge < -0.3 is 15.2 Å². The summed E-state index contributed by atoms with van der Waals surface area (Å²) < 4.78 is 18.4. The summed E-state index contributed by atoms with van der Waals surface area (Å²) in [4.78, 5) is 16.3. The Kier molecular flexibility index (Phi) is 6.90. The molecule has 2 aromatic rings. The standard InChI is InChI=1S/C17H21FN4O2.ClH/c1-11(20-15(23)6-5-12-7-8-19-10-12)17-21-16(22-24-17)13-3-2-4-14(18)9-13;/h2-4,9,11-12,19H,5-8,10H2,1H3,(H,20,23);1H. The van der Waals surface area contributed by atoms with Crippen molar-refractivity contribution in [2.45, 2.75) is 32.2 Å². The van der Waals surface area contributed by atoms with Crippen molar-refractivity contribution < 1.29 is 13.7 Å². The predicted octanol–water partition coefficient (Wildman–Crippen LogP) is 2.86. The smallest absolute Gasteiger partial charge is 0.249 e. The summed E-state index contributed by atoms with van der Waals surface area (Å²) in [5.41, 5.74) is 0.539. The molecule has 1 aromatic heterocycles. The van der Waals surface area contributed by atoms with Crippen molar-refractivity contribution in [2.75, 3.05) is 13.1 Å². The van der Waals surface area contributed by atoms with E-state index in [9.17, 15) is 9.18 Å². The van der Waals surface area contributed by atoms with E-state index < -0.39 is 0 Å². The first-order chi connectivity index (χ1) is 11.6. The zero-order chi connectivity index (χ0) is 16.9. The van der Waals surface area contributed by atoms with Gasteiger partial charge in [0.15, 0.2) is 0 Å². The summed E-state index contributed by atoms with van der Waals surface area (Å²) in [6.07, 6.45) is 2.50. The van der Waals surface area contributed by atoms with Crippen molar-refractivity contribution in [3.8, 4) is 11.4 Å². The van der Waals surface area contributed by atoms with Crippen LogP contribution in [0.4, 0.5) is 4.39 Å². The van der Waals surface area contributed by atoms with E-state index in [1.807, 2.05) is 0 Å². The molecule has 2 atom stereocenters. The number of carbonyl (C=O) groups is 1. The second-order valence-electron chi connectivity index (χ2n) is 6.15. The van der Waals surface area contributed by atoms with Gasteiger partial charge in [0.05, 0.1) is 0 Å². The van der Waals surface area contributed by atoms with Gasteiger partial charge in [-0.15, -0.1) is 12.4 Å². The summed E-state index contributed by atoms with van der Waals surface area (Å²) in [6.45, 7) is 3.81. The predicted molar refractivity (Wildman–Crippen MR) is 93.7 cm³/mol. The van der Waals surface area contributed by atoms with Gasteiger partial charge in [0, 0.05) is 12.0 Å². The second-order valence-corrected chi connectivity index (χ2v) is 6.15. The van der Waals surface area contributed by atoms with E-state index in [-0.39, 0.29) is 30.2 Å². The van der Waals surface area contributed by atoms with Crippen molar-refractivity contribution in [1.29, 1.82) is 0 Å². The van der Waals surface area contributed by atoms with E-state index >= 15 is 0 Å². The largest absolute Gasteiger partial charge is 0.345 e. The van der Waals surface area contributed by atoms with Crippen molar-refractivity contribution in [2.24, 2.45) is 5.92 Å². The first-order valence-electron chi connectivity index (χ1n) is 8.21. The highest BCUT2D eigenvalue weighted by Crippen LogP contribution is 2.20. The van der Waals surface area contributed by atoms with Crippen LogP contribution in [0.15, 0.2) is 28.8 Å². The normalized spacial score (nSPS) is 17.8. The SMILES string of the molecule is CC(NC(=O)CCC1CCNC1)c1nc(-c2cccc(F)c2)no1.Cl. The van der Waals surface area contributed by atoms with Gasteiger partial charge in [-0.2, -0.15) is 4.98 Å². The van der Waals surface area contributed by atoms with E-state index in [1.165, 1.54) is 12.1 Å². The van der Waals surface area contributed by atoms with Gasteiger partial charge in [0.1, 0.15) is 11.9 Å². The third-order valence-electron chi connectivity index (χ3n) is 4.21. The maximum atomic E-state index is 13.3. The molecule has 8 heteroatoms. The van der Waals surface area contributed by atoms with Gasteiger partial charge in [0.2, 0.25) is 17.6 Å². The molecule has 2 heterocycles. The number of hydrogen-bond acceptors (Lipinski definition) is 5. The molecule has 2 N–H and O–H groups in total. The highest BCUT2D eigenvalue weighted by atomic mass is 35.5. The molecule has 1 aromatic carbocycles. The Bertz CT molecular complexity index is 703. The van der Waals surface area contributed by atoms with Crippen molar-refractivity contribution >= 4 is 18.3 Å². The Morgan fingerprint density at radius 2 is 2.36 bits per heavy atom. The molecule has 0 aliphatic carbocycles. The van der Waals surface area contributed by atoms with Crippen molar-refractivity contribution in [3.63, 3.8) is 0 Å². The molecule has 1 amide bonds.